The lowest BCUT2D eigenvalue weighted by atomic mass is 9.71. The molecule has 52 heavy (non-hydrogen) atoms. The molecule has 0 saturated heterocycles. The molecule has 0 radical (unpaired) electrons. The zero-order valence-electron chi connectivity index (χ0n) is 32.8. The molecule has 2 nitrogen and oxygen atoms in total. The van der Waals surface area contributed by atoms with Crippen molar-refractivity contribution in [3.05, 3.63) is 131 Å². The van der Waals surface area contributed by atoms with Crippen molar-refractivity contribution in [3.8, 4) is 22.3 Å². The van der Waals surface area contributed by atoms with Crippen LogP contribution in [0, 0.1) is 29.5 Å². The van der Waals surface area contributed by atoms with Gasteiger partial charge in [-0.15, -0.1) is 0 Å². The molecule has 0 amide bonds. The molecule has 3 heteroatoms. The van der Waals surface area contributed by atoms with Gasteiger partial charge < -0.3 is 5.32 Å². The Kier molecular flexibility index (Phi) is 12.6. The quantitative estimate of drug-likeness (QED) is 0.213. The van der Waals surface area contributed by atoms with Crippen molar-refractivity contribution in [2.45, 2.75) is 112 Å². The van der Waals surface area contributed by atoms with Gasteiger partial charge in [0, 0.05) is 38.3 Å². The minimum Gasteiger partial charge on any atom is -0.309 e. The predicted molar refractivity (Wildman–Crippen MR) is 226 cm³/mol. The van der Waals surface area contributed by atoms with Gasteiger partial charge in [0.05, 0.1) is 0 Å². The Morgan fingerprint density at radius 2 is 1.71 bits per heavy atom. The van der Waals surface area contributed by atoms with Gasteiger partial charge in [0.25, 0.3) is 0 Å². The summed E-state index contributed by atoms with van der Waals surface area (Å²) in [6.45, 7) is 23.3. The van der Waals surface area contributed by atoms with E-state index >= 15 is 4.39 Å². The summed E-state index contributed by atoms with van der Waals surface area (Å²) in [7, 11) is 0. The van der Waals surface area contributed by atoms with Crippen molar-refractivity contribution >= 4 is 17.9 Å². The molecule has 1 spiro atoms. The molecule has 4 aliphatic carbocycles. The minimum atomic E-state index is -0.194. The Morgan fingerprint density at radius 3 is 2.37 bits per heavy atom. The van der Waals surface area contributed by atoms with E-state index in [9.17, 15) is 4.79 Å². The molecule has 1 unspecified atom stereocenters. The molecule has 0 heterocycles. The monoisotopic (exact) mass is 701 g/mol. The third kappa shape index (κ3) is 7.96. The van der Waals surface area contributed by atoms with E-state index in [0.29, 0.717) is 36.3 Å². The Labute approximate surface area is 316 Å². The molecule has 3 aromatic carbocycles. The lowest BCUT2D eigenvalue weighted by Gasteiger charge is -2.31. The summed E-state index contributed by atoms with van der Waals surface area (Å²) in [4.78, 5) is 13.4. The van der Waals surface area contributed by atoms with Crippen LogP contribution in [0.4, 0.5) is 4.39 Å². The number of nitrogens with one attached hydrogen (secondary N) is 1. The number of carbonyl (C=O) groups excluding carboxylic acids is 1. The number of ketones is 1. The number of hydrogen-bond donors (Lipinski definition) is 1. The van der Waals surface area contributed by atoms with Crippen LogP contribution in [-0.4, -0.2) is 11.8 Å². The number of rotatable bonds is 10. The summed E-state index contributed by atoms with van der Waals surface area (Å²) < 4.78 is 16.0. The van der Waals surface area contributed by atoms with E-state index in [1.165, 1.54) is 16.7 Å². The Morgan fingerprint density at radius 1 is 1.02 bits per heavy atom. The largest absolute Gasteiger partial charge is 0.309 e. The molecule has 278 valence electrons. The number of hydrogen-bond acceptors (Lipinski definition) is 2. The van der Waals surface area contributed by atoms with Crippen molar-refractivity contribution in [2.75, 3.05) is 0 Å². The van der Waals surface area contributed by atoms with E-state index in [4.69, 9.17) is 0 Å². The zero-order chi connectivity index (χ0) is 37.6. The van der Waals surface area contributed by atoms with Gasteiger partial charge in [-0.1, -0.05) is 126 Å². The third-order valence-electron chi connectivity index (χ3n) is 11.7. The first kappa shape index (κ1) is 39.1. The summed E-state index contributed by atoms with van der Waals surface area (Å²) in [5.74, 6) is 0.520. The summed E-state index contributed by atoms with van der Waals surface area (Å²) in [6, 6.07) is 17.0. The highest BCUT2D eigenvalue weighted by molar-refractivity contribution is 5.99. The highest BCUT2D eigenvalue weighted by Crippen LogP contribution is 2.60. The van der Waals surface area contributed by atoms with Gasteiger partial charge in [-0.2, -0.15) is 0 Å². The topological polar surface area (TPSA) is 29.1 Å². The summed E-state index contributed by atoms with van der Waals surface area (Å²) in [5, 5.41) is 3.61. The minimum absolute atomic E-state index is 0. The van der Waals surface area contributed by atoms with Gasteiger partial charge >= 0.3 is 0 Å². The molecule has 4 aliphatic rings. The molecule has 2 atom stereocenters. The van der Waals surface area contributed by atoms with Gasteiger partial charge in [-0.25, -0.2) is 4.39 Å². The molecule has 0 aliphatic heterocycles. The van der Waals surface area contributed by atoms with E-state index in [2.05, 4.69) is 93.0 Å². The lowest BCUT2D eigenvalue weighted by Crippen LogP contribution is -2.31. The van der Waals surface area contributed by atoms with Crippen molar-refractivity contribution in [3.63, 3.8) is 0 Å². The van der Waals surface area contributed by atoms with Crippen LogP contribution >= 0.6 is 0 Å². The Bertz CT molecular complexity index is 1910. The van der Waals surface area contributed by atoms with Gasteiger partial charge in [0.1, 0.15) is 5.82 Å². The molecular weight excluding hydrogens is 638 g/mol. The van der Waals surface area contributed by atoms with Crippen molar-refractivity contribution in [2.24, 2.45) is 16.7 Å². The van der Waals surface area contributed by atoms with Crippen molar-refractivity contribution in [1.29, 1.82) is 0 Å². The average Bonchev–Trinajstić information content (AvgIpc) is 4.10. The first-order chi connectivity index (χ1) is 25.2. The molecule has 2 fully saturated rings. The van der Waals surface area contributed by atoms with Gasteiger partial charge in [-0.3, -0.25) is 4.79 Å². The molecular formula is C49H64FNO. The SMILES string of the molecule is C=Cc1c(-c2cc(F)c(CN[C@H]3CCCC(=C)C3)c(/C=C\C)c2)cccc1-c1cccc(CC2(C3=CC(C)C4(C=C4)CC3=O)CC2)c1C.CC.CC.[HH].[HH]. The van der Waals surface area contributed by atoms with E-state index in [1.807, 2.05) is 52.8 Å². The molecule has 0 bridgehead atoms. The highest BCUT2D eigenvalue weighted by atomic mass is 19.1. The number of carbonyl (C=O) groups is 1. The highest BCUT2D eigenvalue weighted by Gasteiger charge is 2.53. The van der Waals surface area contributed by atoms with Crippen molar-refractivity contribution in [1.82, 2.24) is 5.32 Å². The first-order valence-electron chi connectivity index (χ1n) is 19.8. The fourth-order valence-corrected chi connectivity index (χ4v) is 8.43. The van der Waals surface area contributed by atoms with Gasteiger partial charge in [0.15, 0.2) is 5.78 Å². The number of Topliss-reactive ketones (excluding diaryl/α,β-unsaturated/α-hetero) is 1. The van der Waals surface area contributed by atoms with Crippen LogP contribution in [0.5, 0.6) is 0 Å². The van der Waals surface area contributed by atoms with Crippen LogP contribution < -0.4 is 5.32 Å². The van der Waals surface area contributed by atoms with Crippen LogP contribution in [0.2, 0.25) is 0 Å². The van der Waals surface area contributed by atoms with E-state index in [-0.39, 0.29) is 19.5 Å². The van der Waals surface area contributed by atoms with Gasteiger partial charge in [-0.05, 0) is 127 Å². The second-order valence-corrected chi connectivity index (χ2v) is 14.9. The molecule has 1 N–H and O–H groups in total. The smallest absolute Gasteiger partial charge is 0.160 e. The number of allylic oxidation sites excluding steroid dienone is 5. The molecule has 0 aromatic heterocycles. The Balaban J connectivity index is 0.00000127. The maximum absolute atomic E-state index is 16.0. The molecule has 2 saturated carbocycles. The average molecular weight is 702 g/mol. The standard InChI is InChI=1S/C45H48FNO.2C2H6.2H2/c1-6-11-32-24-34(25-42(46)40(32)28-47-35-14-8-12-29(3)22-35)38-16-10-17-39(36(38)7-2)37-15-9-13-33(31(37)5)26-45(20-21-45)41-23-30(4)44(18-19-44)27-43(41)48;2*1-2;;/h6-7,9-11,13,15-19,23-25,30,35,47H,2-3,8,12,14,20-22,26-28H2,1,4-5H3;2*1-2H3;2*1H/b11-6-;;;;/t30?,35-;;;;/m0..../s1. The Hall–Kier alpha value is -4.08. The fourth-order valence-electron chi connectivity index (χ4n) is 8.43. The summed E-state index contributed by atoms with van der Waals surface area (Å²) in [5.41, 5.74) is 11.5. The maximum atomic E-state index is 16.0. The first-order valence-corrected chi connectivity index (χ1v) is 19.8. The lowest BCUT2D eigenvalue weighted by molar-refractivity contribution is -0.118. The fraction of sp³-hybridized carbons (Fsp3) is 0.408. The third-order valence-corrected chi connectivity index (χ3v) is 11.7. The molecule has 7 rings (SSSR count). The number of halogens is 1. The van der Waals surface area contributed by atoms with E-state index in [0.717, 1.165) is 83.9 Å². The summed E-state index contributed by atoms with van der Waals surface area (Å²) >= 11 is 0. The predicted octanol–water partition coefficient (Wildman–Crippen LogP) is 13.7. The van der Waals surface area contributed by atoms with Crippen LogP contribution in [0.15, 0.2) is 97.1 Å². The number of benzene rings is 3. The second-order valence-electron chi connectivity index (χ2n) is 14.9. The second kappa shape index (κ2) is 16.7. The molecule has 3 aromatic rings. The van der Waals surface area contributed by atoms with E-state index < -0.39 is 0 Å². The van der Waals surface area contributed by atoms with Crippen LogP contribution in [0.3, 0.4) is 0 Å². The maximum Gasteiger partial charge on any atom is 0.160 e. The van der Waals surface area contributed by atoms with Crippen LogP contribution in [-0.2, 0) is 17.8 Å². The van der Waals surface area contributed by atoms with Crippen LogP contribution in [0.1, 0.15) is 117 Å². The van der Waals surface area contributed by atoms with Crippen molar-refractivity contribution < 1.29 is 12.0 Å². The van der Waals surface area contributed by atoms with E-state index in [1.54, 1.807) is 6.07 Å². The van der Waals surface area contributed by atoms with Gasteiger partial charge in [0.2, 0.25) is 0 Å². The zero-order valence-corrected chi connectivity index (χ0v) is 32.8. The van der Waals surface area contributed by atoms with Crippen LogP contribution in [0.25, 0.3) is 34.4 Å². The normalized spacial score (nSPS) is 20.8. The summed E-state index contributed by atoms with van der Waals surface area (Å²) in [6.07, 6.45) is 20.5.